The van der Waals surface area contributed by atoms with Crippen molar-refractivity contribution in [3.8, 4) is 0 Å². The predicted octanol–water partition coefficient (Wildman–Crippen LogP) is 2.44. The van der Waals surface area contributed by atoms with E-state index < -0.39 is 38.2 Å². The molecular weight excluding hydrogens is 488 g/mol. The third-order valence-electron chi connectivity index (χ3n) is 5.18. The number of ether oxygens (including phenoxy) is 1. The van der Waals surface area contributed by atoms with E-state index in [2.05, 4.69) is 0 Å². The van der Waals surface area contributed by atoms with Crippen molar-refractivity contribution in [2.45, 2.75) is 28.8 Å². The molecule has 3 rings (SSSR count). The summed E-state index contributed by atoms with van der Waals surface area (Å²) < 4.78 is 31.2. The maximum Gasteiger partial charge on any atom is 0.331 e. The molecule has 2 aromatic rings. The quantitative estimate of drug-likeness (QED) is 0.216. The summed E-state index contributed by atoms with van der Waals surface area (Å²) in [5.74, 6) is -2.00. The molecule has 0 aliphatic carbocycles. The van der Waals surface area contributed by atoms with E-state index in [9.17, 15) is 23.1 Å². The van der Waals surface area contributed by atoms with E-state index in [1.807, 2.05) is 30.3 Å². The topological polar surface area (TPSA) is 127 Å². The molecule has 1 fully saturated rings. The number of amides is 1. The molecule has 0 bridgehead atoms. The van der Waals surface area contributed by atoms with Crippen LogP contribution in [0.1, 0.15) is 5.56 Å². The van der Waals surface area contributed by atoms with Gasteiger partial charge >= 0.3 is 5.97 Å². The van der Waals surface area contributed by atoms with Crippen LogP contribution in [0.4, 0.5) is 0 Å². The molecule has 8 nitrogen and oxygen atoms in total. The molecule has 0 aromatic heterocycles. The van der Waals surface area contributed by atoms with Gasteiger partial charge in [0.25, 0.3) is 0 Å². The monoisotopic (exact) mass is 510 g/mol. The number of carbonyl (C=O) groups excluding carboxylic acids is 1. The molecule has 11 heteroatoms. The molecule has 1 amide bonds. The van der Waals surface area contributed by atoms with Crippen molar-refractivity contribution >= 4 is 43.1 Å². The zero-order chi connectivity index (χ0) is 24.2. The first-order valence-electron chi connectivity index (χ1n) is 9.86. The van der Waals surface area contributed by atoms with E-state index in [-0.39, 0.29) is 28.5 Å². The van der Waals surface area contributed by atoms with E-state index in [1.54, 1.807) is 18.2 Å². The highest BCUT2D eigenvalue weighted by atomic mass is 35.5. The lowest BCUT2D eigenvalue weighted by molar-refractivity contribution is -0.157. The van der Waals surface area contributed by atoms with Crippen molar-refractivity contribution in [2.75, 3.05) is 13.0 Å². The number of aliphatic carboxylic acids is 1. The Morgan fingerprint density at radius 1 is 1.18 bits per heavy atom. The first-order valence-corrected chi connectivity index (χ1v) is 13.3. The first-order chi connectivity index (χ1) is 15.7. The Morgan fingerprint density at radius 2 is 1.76 bits per heavy atom. The first kappa shape index (κ1) is 25.1. The highest BCUT2D eigenvalue weighted by molar-refractivity contribution is 8.72. The molecule has 1 saturated heterocycles. The number of likely N-dealkylation sites (tertiary alicyclic amines) is 1. The van der Waals surface area contributed by atoms with Crippen molar-refractivity contribution in [1.29, 1.82) is 0 Å². The molecular formula is C22H23ClN2O6S2. The number of methoxy groups -OCH3 is 1. The van der Waals surface area contributed by atoms with Gasteiger partial charge in [0.05, 0.1) is 12.0 Å². The summed E-state index contributed by atoms with van der Waals surface area (Å²) in [6.07, 6.45) is 0.247. The molecule has 0 radical (unpaired) electrons. The molecule has 3 unspecified atom stereocenters. The minimum absolute atomic E-state index is 0.0307. The van der Waals surface area contributed by atoms with Gasteiger partial charge in [0.15, 0.2) is 6.04 Å². The van der Waals surface area contributed by atoms with Crippen LogP contribution < -0.4 is 5.73 Å². The Morgan fingerprint density at radius 3 is 2.27 bits per heavy atom. The van der Waals surface area contributed by atoms with Crippen LogP contribution in [0.3, 0.4) is 0 Å². The van der Waals surface area contributed by atoms with Gasteiger partial charge in [0, 0.05) is 28.7 Å². The molecule has 0 spiro atoms. The fourth-order valence-corrected chi connectivity index (χ4v) is 7.29. The lowest BCUT2D eigenvalue weighted by atomic mass is 9.96. The Balaban J connectivity index is 1.97. The lowest BCUT2D eigenvalue weighted by Crippen LogP contribution is -2.71. The smallest absolute Gasteiger partial charge is 0.331 e. The minimum Gasteiger partial charge on any atom is -0.501 e. The molecule has 1 heterocycles. The van der Waals surface area contributed by atoms with Crippen LogP contribution in [0.2, 0.25) is 0 Å². The average molecular weight is 511 g/mol. The summed E-state index contributed by atoms with van der Waals surface area (Å²) >= 11 is 6.14. The molecule has 0 saturated carbocycles. The standard InChI is InChI=1S/C22H23ClN2O6S2/c1-31-17(12-14-8-4-2-5-9-14)16(13-23)19(22(27)28)25-20(26)18(24)21(25)32-33(29,30)15-10-6-3-7-11-15/h2-11,18-19,21H,12-13,24H2,1H3,(H,27,28). The lowest BCUT2D eigenvalue weighted by Gasteiger charge is -2.47. The van der Waals surface area contributed by atoms with Gasteiger partial charge in [0.1, 0.15) is 17.2 Å². The van der Waals surface area contributed by atoms with Crippen molar-refractivity contribution in [1.82, 2.24) is 4.90 Å². The number of carboxylic acid groups (broad SMARTS) is 1. The fourth-order valence-electron chi connectivity index (χ4n) is 3.50. The molecule has 1 aliphatic rings. The Kier molecular flexibility index (Phi) is 8.06. The van der Waals surface area contributed by atoms with Crippen LogP contribution in [0.15, 0.2) is 76.9 Å². The number of carboxylic acids is 1. The van der Waals surface area contributed by atoms with Crippen molar-refractivity contribution in [3.63, 3.8) is 0 Å². The number of hydrogen-bond donors (Lipinski definition) is 2. The van der Waals surface area contributed by atoms with Crippen LogP contribution in [-0.2, 0) is 29.6 Å². The van der Waals surface area contributed by atoms with Gasteiger partial charge in [-0.3, -0.25) is 4.79 Å². The van der Waals surface area contributed by atoms with E-state index in [0.29, 0.717) is 10.8 Å². The Bertz CT molecular complexity index is 1140. The minimum atomic E-state index is -3.91. The second-order valence-electron chi connectivity index (χ2n) is 7.21. The van der Waals surface area contributed by atoms with Crippen LogP contribution in [0.5, 0.6) is 0 Å². The van der Waals surface area contributed by atoms with E-state index in [0.717, 1.165) is 10.5 Å². The molecule has 3 atom stereocenters. The summed E-state index contributed by atoms with van der Waals surface area (Å²) in [5, 5.41) is 8.90. The molecule has 3 N–H and O–H groups in total. The van der Waals surface area contributed by atoms with Crippen LogP contribution >= 0.6 is 22.4 Å². The number of alkyl halides is 1. The molecule has 33 heavy (non-hydrogen) atoms. The number of allylic oxidation sites excluding steroid dienone is 1. The number of nitrogens with zero attached hydrogens (tertiary/aromatic N) is 1. The van der Waals surface area contributed by atoms with E-state index in [4.69, 9.17) is 22.1 Å². The van der Waals surface area contributed by atoms with Gasteiger partial charge in [-0.2, -0.15) is 0 Å². The summed E-state index contributed by atoms with van der Waals surface area (Å²) in [6, 6.07) is 14.1. The van der Waals surface area contributed by atoms with Crippen molar-refractivity contribution in [3.05, 3.63) is 77.6 Å². The number of carbonyl (C=O) groups is 2. The summed E-state index contributed by atoms with van der Waals surface area (Å²) in [7, 11) is -2.08. The van der Waals surface area contributed by atoms with Gasteiger partial charge in [-0.15, -0.1) is 11.6 Å². The van der Waals surface area contributed by atoms with Gasteiger partial charge < -0.3 is 20.5 Å². The molecule has 1 aliphatic heterocycles. The molecule has 2 aromatic carbocycles. The zero-order valence-electron chi connectivity index (χ0n) is 17.6. The SMILES string of the molecule is COC(Cc1ccccc1)=C(CCl)C(C(=O)O)N1C(=O)C(N)C1SS(=O)(=O)c1ccccc1. The number of benzene rings is 2. The van der Waals surface area contributed by atoms with E-state index >= 15 is 0 Å². The zero-order valence-corrected chi connectivity index (χ0v) is 20.0. The van der Waals surface area contributed by atoms with Crippen molar-refractivity contribution < 1.29 is 27.9 Å². The summed E-state index contributed by atoms with van der Waals surface area (Å²) in [4.78, 5) is 25.9. The Labute approximate surface area is 200 Å². The van der Waals surface area contributed by atoms with Gasteiger partial charge in [0.2, 0.25) is 14.8 Å². The van der Waals surface area contributed by atoms with E-state index in [1.165, 1.54) is 19.2 Å². The largest absolute Gasteiger partial charge is 0.501 e. The highest BCUT2D eigenvalue weighted by Gasteiger charge is 2.54. The average Bonchev–Trinajstić information content (AvgIpc) is 2.82. The normalized spacial score (nSPS) is 20.0. The third kappa shape index (κ3) is 5.35. The number of halogens is 1. The second kappa shape index (κ2) is 10.6. The van der Waals surface area contributed by atoms with Crippen LogP contribution in [-0.4, -0.2) is 60.7 Å². The Hall–Kier alpha value is -2.53. The second-order valence-corrected chi connectivity index (χ2v) is 11.4. The maximum atomic E-state index is 12.9. The number of rotatable bonds is 10. The molecule has 176 valence electrons. The third-order valence-corrected chi connectivity index (χ3v) is 9.21. The summed E-state index contributed by atoms with van der Waals surface area (Å²) in [6.45, 7) is 0. The van der Waals surface area contributed by atoms with Crippen LogP contribution in [0, 0.1) is 0 Å². The fraction of sp³-hybridized carbons (Fsp3) is 0.273. The number of β-lactam (4-membered cyclic amide) rings is 1. The summed E-state index contributed by atoms with van der Waals surface area (Å²) in [5.41, 5.74) is 6.91. The number of nitrogens with two attached hydrogens (primary N) is 1. The predicted molar refractivity (Wildman–Crippen MR) is 126 cm³/mol. The maximum absolute atomic E-state index is 12.9. The highest BCUT2D eigenvalue weighted by Crippen LogP contribution is 2.39. The van der Waals surface area contributed by atoms with Gasteiger partial charge in [-0.25, -0.2) is 13.2 Å². The van der Waals surface area contributed by atoms with Gasteiger partial charge in [-0.1, -0.05) is 48.5 Å². The number of hydrogen-bond acceptors (Lipinski definition) is 7. The van der Waals surface area contributed by atoms with Gasteiger partial charge in [-0.05, 0) is 17.7 Å². The van der Waals surface area contributed by atoms with Crippen molar-refractivity contribution in [2.24, 2.45) is 5.73 Å². The van der Waals surface area contributed by atoms with Crippen LogP contribution in [0.25, 0.3) is 0 Å².